The minimum atomic E-state index is -4.13. The molecule has 1 unspecified atom stereocenters. The zero-order valence-corrected chi connectivity index (χ0v) is 22.4. The Balaban J connectivity index is 0.00000289. The summed E-state index contributed by atoms with van der Waals surface area (Å²) in [6.07, 6.45) is 3.00. The predicted molar refractivity (Wildman–Crippen MR) is 121 cm³/mol. The first-order chi connectivity index (χ1) is 14.9. The van der Waals surface area contributed by atoms with Gasteiger partial charge in [-0.05, 0) is 42.5 Å². The Kier molecular flexibility index (Phi) is 8.55. The molecule has 0 fully saturated rings. The van der Waals surface area contributed by atoms with E-state index >= 15 is 0 Å². The first-order valence-electron chi connectivity index (χ1n) is 9.14. The van der Waals surface area contributed by atoms with Crippen LogP contribution in [0, 0.1) is 0 Å². The van der Waals surface area contributed by atoms with Gasteiger partial charge in [0.25, 0.3) is 5.91 Å². The SMILES string of the molecule is O=C(Nc1ccc(-n2ccnc2P(=O)([O-])c2ccccc2)cc1)c1ccc(Cl)cc1Cl.[K+]. The van der Waals surface area contributed by atoms with Crippen molar-refractivity contribution < 1.29 is 65.6 Å². The van der Waals surface area contributed by atoms with Gasteiger partial charge in [-0.15, -0.1) is 0 Å². The molecule has 1 aromatic heterocycles. The second kappa shape index (κ2) is 10.8. The molecule has 4 rings (SSSR count). The van der Waals surface area contributed by atoms with Crippen molar-refractivity contribution in [3.05, 3.63) is 101 Å². The van der Waals surface area contributed by atoms with Gasteiger partial charge in [-0.25, -0.2) is 4.98 Å². The van der Waals surface area contributed by atoms with Crippen molar-refractivity contribution in [3.63, 3.8) is 0 Å². The summed E-state index contributed by atoms with van der Waals surface area (Å²) in [7, 11) is -4.13. The summed E-state index contributed by atoms with van der Waals surface area (Å²) in [6, 6.07) is 19.5. The monoisotopic (exact) mass is 509 g/mol. The van der Waals surface area contributed by atoms with E-state index in [2.05, 4.69) is 10.3 Å². The van der Waals surface area contributed by atoms with Gasteiger partial charge in [0.15, 0.2) is 5.57 Å². The first kappa shape index (κ1) is 25.4. The summed E-state index contributed by atoms with van der Waals surface area (Å²) >= 11 is 11.9. The van der Waals surface area contributed by atoms with E-state index in [1.54, 1.807) is 60.8 Å². The summed E-state index contributed by atoms with van der Waals surface area (Å²) in [5.41, 5.74) is 1.34. The van der Waals surface area contributed by atoms with Gasteiger partial charge in [-0.3, -0.25) is 9.36 Å². The molecule has 0 aliphatic rings. The van der Waals surface area contributed by atoms with Crippen LogP contribution >= 0.6 is 30.6 Å². The van der Waals surface area contributed by atoms with Crippen LogP contribution in [0.5, 0.6) is 0 Å². The average Bonchev–Trinajstić information content (AvgIpc) is 3.26. The number of benzene rings is 3. The average molecular weight is 510 g/mol. The quantitative estimate of drug-likeness (QED) is 0.321. The number of halogens is 2. The standard InChI is InChI=1S/C22H16Cl2N3O3P.K/c23-15-6-11-19(20(24)14-15)21(28)26-16-7-9-17(10-8-16)27-13-12-25-22(27)31(29,30)18-4-2-1-3-5-18;/h1-14H,(H,26,28)(H,29,30);/q;+1/p-1. The third-order valence-corrected chi connectivity index (χ3v) is 6.94. The minimum Gasteiger partial charge on any atom is -0.790 e. The molecule has 1 atom stereocenters. The maximum absolute atomic E-state index is 13.0. The predicted octanol–water partition coefficient (Wildman–Crippen LogP) is 1.02. The normalized spacial score (nSPS) is 12.5. The van der Waals surface area contributed by atoms with Crippen molar-refractivity contribution in [1.82, 2.24) is 9.55 Å². The van der Waals surface area contributed by atoms with E-state index in [0.29, 0.717) is 22.0 Å². The number of aromatic nitrogens is 2. The van der Waals surface area contributed by atoms with Gasteiger partial charge in [0.1, 0.15) is 7.37 Å². The zero-order valence-electron chi connectivity index (χ0n) is 16.9. The van der Waals surface area contributed by atoms with Crippen LogP contribution in [0.3, 0.4) is 0 Å². The molecule has 4 aromatic rings. The van der Waals surface area contributed by atoms with Crippen molar-refractivity contribution in [2.24, 2.45) is 0 Å². The Labute approximate surface area is 237 Å². The molecule has 1 N–H and O–H groups in total. The molecule has 1 heterocycles. The van der Waals surface area contributed by atoms with Gasteiger partial charge >= 0.3 is 51.4 Å². The molecular formula is C22H15Cl2KN3O3P. The molecule has 1 amide bonds. The van der Waals surface area contributed by atoms with Crippen LogP contribution in [-0.4, -0.2) is 15.5 Å². The molecule has 0 spiro atoms. The number of anilines is 1. The molecule has 0 saturated heterocycles. The number of hydrogen-bond acceptors (Lipinski definition) is 4. The summed E-state index contributed by atoms with van der Waals surface area (Å²) in [5, 5.41) is 3.63. The molecule has 0 saturated carbocycles. The van der Waals surface area contributed by atoms with Crippen LogP contribution in [0.2, 0.25) is 10.0 Å². The Hall–Kier alpha value is -1.25. The third-order valence-electron chi connectivity index (χ3n) is 4.56. The van der Waals surface area contributed by atoms with E-state index < -0.39 is 7.37 Å². The molecular weight excluding hydrogens is 495 g/mol. The van der Waals surface area contributed by atoms with Crippen molar-refractivity contribution in [2.75, 3.05) is 5.32 Å². The fourth-order valence-corrected chi connectivity index (χ4v) is 5.01. The molecule has 6 nitrogen and oxygen atoms in total. The van der Waals surface area contributed by atoms with Gasteiger partial charge in [0, 0.05) is 34.1 Å². The Morgan fingerprint density at radius 3 is 2.34 bits per heavy atom. The number of nitrogens with zero attached hydrogens (tertiary/aromatic N) is 2. The topological polar surface area (TPSA) is 87.0 Å². The summed E-state index contributed by atoms with van der Waals surface area (Å²) in [5.74, 6) is -0.383. The largest absolute Gasteiger partial charge is 1.00 e. The van der Waals surface area contributed by atoms with Crippen molar-refractivity contribution in [2.45, 2.75) is 0 Å². The second-order valence-corrected chi connectivity index (χ2v) is 9.47. The maximum Gasteiger partial charge on any atom is 1.00 e. The molecule has 0 aliphatic carbocycles. The summed E-state index contributed by atoms with van der Waals surface area (Å²) in [4.78, 5) is 29.5. The first-order valence-corrected chi connectivity index (χ1v) is 11.5. The van der Waals surface area contributed by atoms with E-state index in [9.17, 15) is 14.3 Å². The van der Waals surface area contributed by atoms with Crippen LogP contribution in [0.15, 0.2) is 85.2 Å². The van der Waals surface area contributed by atoms with Crippen LogP contribution in [0.25, 0.3) is 5.69 Å². The fraction of sp³-hybridized carbons (Fsp3) is 0. The van der Waals surface area contributed by atoms with Crippen LogP contribution in [0.1, 0.15) is 10.4 Å². The molecule has 0 aliphatic heterocycles. The number of carbonyl (C=O) groups excluding carboxylic acids is 1. The van der Waals surface area contributed by atoms with Crippen LogP contribution in [-0.2, 0) is 4.57 Å². The molecule has 156 valence electrons. The van der Waals surface area contributed by atoms with E-state index in [1.807, 2.05) is 0 Å². The van der Waals surface area contributed by atoms with Crippen molar-refractivity contribution >= 4 is 53.0 Å². The maximum atomic E-state index is 13.0. The molecule has 32 heavy (non-hydrogen) atoms. The van der Waals surface area contributed by atoms with Gasteiger partial charge < -0.3 is 14.8 Å². The molecule has 0 radical (unpaired) electrons. The Bertz CT molecular complexity index is 1300. The van der Waals surface area contributed by atoms with E-state index in [1.165, 1.54) is 29.0 Å². The number of nitrogens with one attached hydrogen (secondary N) is 1. The van der Waals surface area contributed by atoms with Gasteiger partial charge in [0.2, 0.25) is 0 Å². The second-order valence-electron chi connectivity index (χ2n) is 6.61. The van der Waals surface area contributed by atoms with E-state index in [0.717, 1.165) is 0 Å². The van der Waals surface area contributed by atoms with Crippen LogP contribution in [0.4, 0.5) is 5.69 Å². The smallest absolute Gasteiger partial charge is 0.790 e. The number of rotatable bonds is 5. The van der Waals surface area contributed by atoms with Crippen molar-refractivity contribution in [3.8, 4) is 5.69 Å². The number of amides is 1. The molecule has 0 bridgehead atoms. The third kappa shape index (κ3) is 5.45. The van der Waals surface area contributed by atoms with Gasteiger partial charge in [-0.2, -0.15) is 0 Å². The minimum absolute atomic E-state index is 0. The Morgan fingerprint density at radius 2 is 1.69 bits per heavy atom. The van der Waals surface area contributed by atoms with Crippen LogP contribution < -0.4 is 72.5 Å². The van der Waals surface area contributed by atoms with E-state index in [4.69, 9.17) is 23.2 Å². The summed E-state index contributed by atoms with van der Waals surface area (Å²) in [6.45, 7) is 0. The number of imidazole rings is 1. The fourth-order valence-electron chi connectivity index (χ4n) is 3.03. The number of hydrogen-bond donors (Lipinski definition) is 1. The zero-order chi connectivity index (χ0) is 22.0. The Morgan fingerprint density at radius 1 is 1.00 bits per heavy atom. The number of carbonyl (C=O) groups is 1. The molecule has 3 aromatic carbocycles. The van der Waals surface area contributed by atoms with Gasteiger partial charge in [0.05, 0.1) is 10.6 Å². The summed E-state index contributed by atoms with van der Waals surface area (Å²) < 4.78 is 14.5. The van der Waals surface area contributed by atoms with Crippen molar-refractivity contribution in [1.29, 1.82) is 0 Å². The van der Waals surface area contributed by atoms with Gasteiger partial charge in [-0.1, -0.05) is 53.5 Å². The molecule has 10 heteroatoms. The van der Waals surface area contributed by atoms with E-state index in [-0.39, 0.29) is 73.2 Å².